The molecule has 0 radical (unpaired) electrons. The lowest BCUT2D eigenvalue weighted by Gasteiger charge is -2.12. The zero-order valence-corrected chi connectivity index (χ0v) is 16.4. The van der Waals surface area contributed by atoms with E-state index in [1.807, 2.05) is 0 Å². The second kappa shape index (κ2) is 8.18. The van der Waals surface area contributed by atoms with E-state index < -0.39 is 17.2 Å². The number of nitrogens with zero attached hydrogens (tertiary/aromatic N) is 2. The minimum atomic E-state index is -0.815. The van der Waals surface area contributed by atoms with E-state index in [0.717, 1.165) is 34.5 Å². The molecular formula is C19H13F2N3O3S2. The highest BCUT2D eigenvalue weighted by molar-refractivity contribution is 7.99. The number of hydrogen-bond donors (Lipinski definition) is 1. The first-order valence-corrected chi connectivity index (χ1v) is 10.3. The van der Waals surface area contributed by atoms with Gasteiger partial charge in [-0.25, -0.2) is 13.8 Å². The molecule has 3 aromatic heterocycles. The van der Waals surface area contributed by atoms with Gasteiger partial charge in [-0.05, 0) is 35.7 Å². The molecular weight excluding hydrogens is 420 g/mol. The SMILES string of the molecule is O=C(CSc1nc2ccsc2c(=O)n1-c1cc(F)cc(F)c1)NCc1ccco1. The summed E-state index contributed by atoms with van der Waals surface area (Å²) in [6.45, 7) is 0.227. The molecule has 6 nitrogen and oxygen atoms in total. The first-order valence-electron chi connectivity index (χ1n) is 8.40. The van der Waals surface area contributed by atoms with Gasteiger partial charge in [-0.15, -0.1) is 11.3 Å². The highest BCUT2D eigenvalue weighted by Crippen LogP contribution is 2.24. The van der Waals surface area contributed by atoms with E-state index >= 15 is 0 Å². The Kier molecular flexibility index (Phi) is 5.45. The molecule has 0 unspecified atom stereocenters. The van der Waals surface area contributed by atoms with Gasteiger partial charge in [-0.3, -0.25) is 14.2 Å². The Morgan fingerprint density at radius 1 is 1.24 bits per heavy atom. The maximum atomic E-state index is 13.7. The fraction of sp³-hybridized carbons (Fsp3) is 0.105. The van der Waals surface area contributed by atoms with Crippen LogP contribution in [-0.2, 0) is 11.3 Å². The molecule has 1 amide bonds. The highest BCUT2D eigenvalue weighted by Gasteiger charge is 2.17. The molecule has 0 aliphatic rings. The third-order valence-electron chi connectivity index (χ3n) is 3.93. The number of nitrogens with one attached hydrogen (secondary N) is 1. The third kappa shape index (κ3) is 4.22. The molecule has 3 heterocycles. The van der Waals surface area contributed by atoms with Crippen molar-refractivity contribution in [1.29, 1.82) is 0 Å². The molecule has 0 saturated carbocycles. The summed E-state index contributed by atoms with van der Waals surface area (Å²) in [5, 5.41) is 4.57. The summed E-state index contributed by atoms with van der Waals surface area (Å²) in [5.41, 5.74) is 0.0221. The number of hydrogen-bond acceptors (Lipinski definition) is 6. The van der Waals surface area contributed by atoms with Crippen molar-refractivity contribution in [3.63, 3.8) is 0 Å². The molecule has 0 spiro atoms. The predicted molar refractivity (Wildman–Crippen MR) is 106 cm³/mol. The Labute approximate surface area is 171 Å². The van der Waals surface area contributed by atoms with Gasteiger partial charge in [0.15, 0.2) is 5.16 Å². The Morgan fingerprint density at radius 2 is 2.03 bits per heavy atom. The molecule has 0 saturated heterocycles. The summed E-state index contributed by atoms with van der Waals surface area (Å²) < 4.78 is 34.1. The summed E-state index contributed by atoms with van der Waals surface area (Å²) in [7, 11) is 0. The van der Waals surface area contributed by atoms with Gasteiger partial charge >= 0.3 is 0 Å². The van der Waals surface area contributed by atoms with Crippen LogP contribution < -0.4 is 10.9 Å². The van der Waals surface area contributed by atoms with E-state index in [2.05, 4.69) is 10.3 Å². The van der Waals surface area contributed by atoms with Crippen LogP contribution in [0.2, 0.25) is 0 Å². The van der Waals surface area contributed by atoms with Crippen LogP contribution in [0.5, 0.6) is 0 Å². The molecule has 0 bridgehead atoms. The molecule has 0 aliphatic heterocycles. The van der Waals surface area contributed by atoms with E-state index in [1.165, 1.54) is 17.6 Å². The molecule has 1 aromatic carbocycles. The van der Waals surface area contributed by atoms with Gasteiger partial charge in [0, 0.05) is 6.07 Å². The fourth-order valence-electron chi connectivity index (χ4n) is 2.66. The predicted octanol–water partition coefficient (Wildman–Crippen LogP) is 3.73. The van der Waals surface area contributed by atoms with Crippen molar-refractivity contribution >= 4 is 39.2 Å². The quantitative estimate of drug-likeness (QED) is 0.370. The van der Waals surface area contributed by atoms with Crippen molar-refractivity contribution in [3.05, 3.63) is 75.8 Å². The summed E-state index contributed by atoms with van der Waals surface area (Å²) in [5.74, 6) is -1.37. The summed E-state index contributed by atoms with van der Waals surface area (Å²) in [6, 6.07) is 7.95. The maximum Gasteiger partial charge on any atom is 0.276 e. The zero-order chi connectivity index (χ0) is 20.4. The largest absolute Gasteiger partial charge is 0.467 e. The number of halogens is 2. The van der Waals surface area contributed by atoms with Crippen LogP contribution in [0.4, 0.5) is 8.78 Å². The van der Waals surface area contributed by atoms with Crippen LogP contribution >= 0.6 is 23.1 Å². The Hall–Kier alpha value is -2.98. The smallest absolute Gasteiger partial charge is 0.276 e. The zero-order valence-electron chi connectivity index (χ0n) is 14.7. The lowest BCUT2D eigenvalue weighted by Crippen LogP contribution is -2.26. The molecule has 29 heavy (non-hydrogen) atoms. The number of benzene rings is 1. The number of carbonyl (C=O) groups is 1. The van der Waals surface area contributed by atoms with Crippen molar-refractivity contribution in [2.75, 3.05) is 5.75 Å². The van der Waals surface area contributed by atoms with E-state index in [4.69, 9.17) is 4.42 Å². The first-order chi connectivity index (χ1) is 14.0. The number of fused-ring (bicyclic) bond motifs is 1. The van der Waals surface area contributed by atoms with Gasteiger partial charge in [-0.2, -0.15) is 0 Å². The number of rotatable bonds is 6. The van der Waals surface area contributed by atoms with Gasteiger partial charge in [0.1, 0.15) is 22.1 Å². The van der Waals surface area contributed by atoms with E-state index in [1.54, 1.807) is 23.6 Å². The topological polar surface area (TPSA) is 77.1 Å². The number of thiophene rings is 1. The monoisotopic (exact) mass is 433 g/mol. The molecule has 4 rings (SSSR count). The molecule has 0 atom stereocenters. The van der Waals surface area contributed by atoms with Crippen molar-refractivity contribution in [1.82, 2.24) is 14.9 Å². The Bertz CT molecular complexity index is 1220. The molecule has 1 N–H and O–H groups in total. The maximum absolute atomic E-state index is 13.7. The van der Waals surface area contributed by atoms with Crippen molar-refractivity contribution < 1.29 is 18.0 Å². The summed E-state index contributed by atoms with van der Waals surface area (Å²) in [4.78, 5) is 29.5. The van der Waals surface area contributed by atoms with Gasteiger partial charge in [0.05, 0.1) is 29.8 Å². The average Bonchev–Trinajstić information content (AvgIpc) is 3.35. The molecule has 0 fully saturated rings. The molecule has 148 valence electrons. The number of furan rings is 1. The first kappa shape index (κ1) is 19.3. The van der Waals surface area contributed by atoms with Crippen LogP contribution in [0.3, 0.4) is 0 Å². The number of aromatic nitrogens is 2. The highest BCUT2D eigenvalue weighted by atomic mass is 32.2. The van der Waals surface area contributed by atoms with Crippen LogP contribution in [-0.4, -0.2) is 21.2 Å². The average molecular weight is 433 g/mol. The van der Waals surface area contributed by atoms with Crippen LogP contribution in [0, 0.1) is 11.6 Å². The number of amides is 1. The van der Waals surface area contributed by atoms with Crippen LogP contribution in [0.25, 0.3) is 15.9 Å². The second-order valence-corrected chi connectivity index (χ2v) is 7.80. The third-order valence-corrected chi connectivity index (χ3v) is 5.76. The van der Waals surface area contributed by atoms with Crippen molar-refractivity contribution in [3.8, 4) is 5.69 Å². The van der Waals surface area contributed by atoms with Crippen molar-refractivity contribution in [2.24, 2.45) is 0 Å². The minimum Gasteiger partial charge on any atom is -0.467 e. The molecule has 0 aliphatic carbocycles. The minimum absolute atomic E-state index is 0.00814. The van der Waals surface area contributed by atoms with Crippen molar-refractivity contribution in [2.45, 2.75) is 11.7 Å². The lowest BCUT2D eigenvalue weighted by molar-refractivity contribution is -0.118. The normalized spacial score (nSPS) is 11.1. The van der Waals surface area contributed by atoms with E-state index in [9.17, 15) is 18.4 Å². The fourth-order valence-corrected chi connectivity index (χ4v) is 4.27. The Morgan fingerprint density at radius 3 is 2.76 bits per heavy atom. The second-order valence-electron chi connectivity index (χ2n) is 5.94. The van der Waals surface area contributed by atoms with Crippen LogP contribution in [0.15, 0.2) is 62.4 Å². The standard InChI is InChI=1S/C19H13F2N3O3S2/c20-11-6-12(21)8-13(7-11)24-18(26)17-15(3-5-28-17)23-19(24)29-10-16(25)22-9-14-2-1-4-27-14/h1-8H,9-10H2,(H,22,25). The van der Waals surface area contributed by atoms with E-state index in [0.29, 0.717) is 16.0 Å². The Balaban J connectivity index is 1.64. The van der Waals surface area contributed by atoms with E-state index in [-0.39, 0.29) is 29.0 Å². The van der Waals surface area contributed by atoms with Gasteiger partial charge in [0.25, 0.3) is 5.56 Å². The van der Waals surface area contributed by atoms with Gasteiger partial charge < -0.3 is 9.73 Å². The molecule has 10 heteroatoms. The number of thioether (sulfide) groups is 1. The van der Waals surface area contributed by atoms with Gasteiger partial charge in [0.2, 0.25) is 5.91 Å². The summed E-state index contributed by atoms with van der Waals surface area (Å²) >= 11 is 2.19. The number of carbonyl (C=O) groups excluding carboxylic acids is 1. The lowest BCUT2D eigenvalue weighted by atomic mass is 10.3. The van der Waals surface area contributed by atoms with Crippen LogP contribution in [0.1, 0.15) is 5.76 Å². The van der Waals surface area contributed by atoms with Gasteiger partial charge in [-0.1, -0.05) is 11.8 Å². The summed E-state index contributed by atoms with van der Waals surface area (Å²) in [6.07, 6.45) is 1.51. The molecule has 4 aromatic rings.